The number of anilines is 1. The van der Waals surface area contributed by atoms with E-state index in [0.717, 1.165) is 39.8 Å². The molecule has 2 aromatic heterocycles. The van der Waals surface area contributed by atoms with E-state index in [-0.39, 0.29) is 5.91 Å². The molecule has 1 amide bonds. The van der Waals surface area contributed by atoms with Gasteiger partial charge in [0.15, 0.2) is 0 Å². The van der Waals surface area contributed by atoms with Gasteiger partial charge >= 0.3 is 0 Å². The summed E-state index contributed by atoms with van der Waals surface area (Å²) in [6.45, 7) is 0. The predicted octanol–water partition coefficient (Wildman–Crippen LogP) is 3.42. The van der Waals surface area contributed by atoms with Crippen molar-refractivity contribution in [1.82, 2.24) is 14.3 Å². The van der Waals surface area contributed by atoms with Crippen molar-refractivity contribution in [2.24, 2.45) is 14.1 Å². The number of rotatable bonds is 3. The Morgan fingerprint density at radius 3 is 2.71 bits per heavy atom. The van der Waals surface area contributed by atoms with E-state index in [1.54, 1.807) is 4.68 Å². The van der Waals surface area contributed by atoms with Crippen molar-refractivity contribution in [3.8, 4) is 11.3 Å². The fourth-order valence-corrected chi connectivity index (χ4v) is 4.14. The first-order chi connectivity index (χ1) is 11.6. The maximum atomic E-state index is 12.7. The van der Waals surface area contributed by atoms with Crippen molar-refractivity contribution < 1.29 is 4.79 Å². The highest BCUT2D eigenvalue weighted by atomic mass is 32.2. The van der Waals surface area contributed by atoms with E-state index in [2.05, 4.69) is 10.4 Å². The van der Waals surface area contributed by atoms with E-state index in [4.69, 9.17) is 0 Å². The summed E-state index contributed by atoms with van der Waals surface area (Å²) < 4.78 is 3.69. The van der Waals surface area contributed by atoms with Gasteiger partial charge in [-0.1, -0.05) is 30.3 Å². The van der Waals surface area contributed by atoms with E-state index >= 15 is 0 Å². The van der Waals surface area contributed by atoms with Gasteiger partial charge in [-0.3, -0.25) is 9.48 Å². The molecule has 0 saturated carbocycles. The fourth-order valence-electron chi connectivity index (χ4n) is 3.11. The van der Waals surface area contributed by atoms with Crippen LogP contribution in [-0.4, -0.2) is 20.3 Å². The third-order valence-corrected chi connectivity index (χ3v) is 5.34. The number of nitrogens with one attached hydrogen (secondary N) is 1. The molecule has 4 rings (SSSR count). The van der Waals surface area contributed by atoms with Gasteiger partial charge in [0, 0.05) is 36.9 Å². The summed E-state index contributed by atoms with van der Waals surface area (Å²) in [4.78, 5) is 12.7. The number of benzene rings is 1. The Bertz CT molecular complexity index is 911. The highest BCUT2D eigenvalue weighted by Crippen LogP contribution is 2.34. The molecule has 0 aliphatic carbocycles. The first kappa shape index (κ1) is 15.1. The second-order valence-electron chi connectivity index (χ2n) is 5.87. The van der Waals surface area contributed by atoms with Gasteiger partial charge in [0.05, 0.1) is 5.69 Å². The minimum Gasteiger partial charge on any atom is -0.340 e. The summed E-state index contributed by atoms with van der Waals surface area (Å²) in [6.07, 6.45) is 0. The van der Waals surface area contributed by atoms with E-state index < -0.39 is 0 Å². The Labute approximate surface area is 144 Å². The second-order valence-corrected chi connectivity index (χ2v) is 6.86. The molecule has 0 fully saturated rings. The van der Waals surface area contributed by atoms with Crippen molar-refractivity contribution in [2.45, 2.75) is 11.5 Å². The van der Waals surface area contributed by atoms with Crippen molar-refractivity contribution in [3.05, 3.63) is 59.4 Å². The number of carbonyl (C=O) groups is 1. The van der Waals surface area contributed by atoms with Crippen molar-refractivity contribution in [2.75, 3.05) is 5.32 Å². The van der Waals surface area contributed by atoms with Gasteiger partial charge < -0.3 is 9.88 Å². The number of hydrogen-bond donors (Lipinski definition) is 1. The monoisotopic (exact) mass is 338 g/mol. The Morgan fingerprint density at radius 1 is 1.12 bits per heavy atom. The van der Waals surface area contributed by atoms with E-state index in [0.29, 0.717) is 5.69 Å². The first-order valence-corrected chi connectivity index (χ1v) is 8.95. The molecule has 24 heavy (non-hydrogen) atoms. The average Bonchev–Trinajstić information content (AvgIpc) is 3.25. The predicted molar refractivity (Wildman–Crippen MR) is 97.0 cm³/mol. The lowest BCUT2D eigenvalue weighted by atomic mass is 10.2. The molecule has 3 aromatic rings. The smallest absolute Gasteiger partial charge is 0.273 e. The molecule has 1 aromatic carbocycles. The first-order valence-electron chi connectivity index (χ1n) is 7.80. The fraction of sp³-hybridized carbons (Fsp3) is 0.222. The Balaban J connectivity index is 1.63. The summed E-state index contributed by atoms with van der Waals surface area (Å²) in [5.74, 6) is 2.52. The zero-order valence-electron chi connectivity index (χ0n) is 13.6. The van der Waals surface area contributed by atoms with Crippen molar-refractivity contribution in [3.63, 3.8) is 0 Å². The third kappa shape index (κ3) is 2.43. The van der Waals surface area contributed by atoms with Crippen LogP contribution in [0, 0.1) is 0 Å². The lowest BCUT2D eigenvalue weighted by Gasteiger charge is -2.10. The molecule has 0 bridgehead atoms. The number of carbonyl (C=O) groups excluding carboxylic acids is 1. The molecule has 3 heterocycles. The van der Waals surface area contributed by atoms with Gasteiger partial charge in [0.25, 0.3) is 5.91 Å². The van der Waals surface area contributed by atoms with Gasteiger partial charge in [-0.2, -0.15) is 16.9 Å². The van der Waals surface area contributed by atoms with Crippen LogP contribution in [0.1, 0.15) is 21.7 Å². The normalized spacial score (nSPS) is 13.1. The number of hydrogen-bond acceptors (Lipinski definition) is 3. The van der Waals surface area contributed by atoms with Crippen LogP contribution < -0.4 is 5.32 Å². The highest BCUT2D eigenvalue weighted by Gasteiger charge is 2.23. The summed E-state index contributed by atoms with van der Waals surface area (Å²) >= 11 is 1.83. The maximum absolute atomic E-state index is 12.7. The van der Waals surface area contributed by atoms with Crippen LogP contribution in [0.3, 0.4) is 0 Å². The SMILES string of the molecule is Cn1nc2c(c1NC(=O)c1ccc(-c3ccccc3)n1C)CSC2. The number of thioether (sulfide) groups is 1. The third-order valence-electron chi connectivity index (χ3n) is 4.37. The summed E-state index contributed by atoms with van der Waals surface area (Å²) in [7, 11) is 3.79. The van der Waals surface area contributed by atoms with Gasteiger partial charge in [-0.05, 0) is 17.7 Å². The Kier molecular flexibility index (Phi) is 3.69. The summed E-state index contributed by atoms with van der Waals surface area (Å²) in [5.41, 5.74) is 4.97. The molecule has 0 radical (unpaired) electrons. The number of fused-ring (bicyclic) bond motifs is 1. The topological polar surface area (TPSA) is 51.9 Å². The zero-order chi connectivity index (χ0) is 16.7. The molecule has 1 aliphatic rings. The van der Waals surface area contributed by atoms with E-state index in [1.807, 2.05) is 72.9 Å². The van der Waals surface area contributed by atoms with Gasteiger partial charge in [-0.25, -0.2) is 0 Å². The molecule has 0 saturated heterocycles. The van der Waals surface area contributed by atoms with Gasteiger partial charge in [0.2, 0.25) is 0 Å². The quantitative estimate of drug-likeness (QED) is 0.796. The molecular weight excluding hydrogens is 320 g/mol. The summed E-state index contributed by atoms with van der Waals surface area (Å²) in [6, 6.07) is 13.9. The molecule has 0 unspecified atom stereocenters. The van der Waals surface area contributed by atoms with Crippen LogP contribution in [0.25, 0.3) is 11.3 Å². The minimum atomic E-state index is -0.109. The number of aryl methyl sites for hydroxylation is 1. The molecule has 0 spiro atoms. The van der Waals surface area contributed by atoms with Gasteiger partial charge in [0.1, 0.15) is 11.5 Å². The Morgan fingerprint density at radius 2 is 1.92 bits per heavy atom. The number of nitrogens with zero attached hydrogens (tertiary/aromatic N) is 3. The van der Waals surface area contributed by atoms with E-state index in [1.165, 1.54) is 0 Å². The minimum absolute atomic E-state index is 0.109. The lowest BCUT2D eigenvalue weighted by molar-refractivity contribution is 0.101. The summed E-state index contributed by atoms with van der Waals surface area (Å²) in [5, 5.41) is 7.53. The zero-order valence-corrected chi connectivity index (χ0v) is 14.4. The van der Waals surface area contributed by atoms with E-state index in [9.17, 15) is 4.79 Å². The lowest BCUT2D eigenvalue weighted by Crippen LogP contribution is -2.18. The molecular formula is C18H18N4OS. The van der Waals surface area contributed by atoms with Crippen LogP contribution in [0.15, 0.2) is 42.5 Å². The maximum Gasteiger partial charge on any atom is 0.273 e. The van der Waals surface area contributed by atoms with Crippen molar-refractivity contribution in [1.29, 1.82) is 0 Å². The van der Waals surface area contributed by atoms with Crippen LogP contribution in [0.5, 0.6) is 0 Å². The van der Waals surface area contributed by atoms with Gasteiger partial charge in [-0.15, -0.1) is 0 Å². The highest BCUT2D eigenvalue weighted by molar-refractivity contribution is 7.98. The van der Waals surface area contributed by atoms with Crippen LogP contribution in [0.4, 0.5) is 5.82 Å². The second kappa shape index (κ2) is 5.87. The van der Waals surface area contributed by atoms with Crippen LogP contribution in [-0.2, 0) is 25.6 Å². The molecule has 122 valence electrons. The molecule has 1 aliphatic heterocycles. The van der Waals surface area contributed by atoms with Crippen LogP contribution >= 0.6 is 11.8 Å². The number of aromatic nitrogens is 3. The Hall–Kier alpha value is -2.47. The molecule has 1 N–H and O–H groups in total. The molecule has 6 heteroatoms. The standard InChI is InChI=1S/C18H18N4OS/c1-21-15(12-6-4-3-5-7-12)8-9-16(21)18(23)19-17-13-10-24-11-14(13)20-22(17)2/h3-9H,10-11H2,1-2H3,(H,19,23). The molecule has 0 atom stereocenters. The van der Waals surface area contributed by atoms with Crippen LogP contribution in [0.2, 0.25) is 0 Å². The average molecular weight is 338 g/mol. The molecule has 5 nitrogen and oxygen atoms in total. The van der Waals surface area contributed by atoms with Crippen molar-refractivity contribution >= 4 is 23.5 Å². The largest absolute Gasteiger partial charge is 0.340 e. The number of amides is 1.